The maximum atomic E-state index is 6.04. The minimum Gasteiger partial charge on any atom is -0.310 e. The van der Waals surface area contributed by atoms with Crippen molar-refractivity contribution < 1.29 is 0 Å². The third-order valence-corrected chi connectivity index (χ3v) is 4.70. The molecule has 1 aliphatic carbocycles. The summed E-state index contributed by atoms with van der Waals surface area (Å²) < 4.78 is 1.14. The Morgan fingerprint density at radius 3 is 2.50 bits per heavy atom. The molecule has 0 bridgehead atoms. The molecule has 3 heteroatoms. The normalized spacial score (nSPS) is 18.3. The van der Waals surface area contributed by atoms with Crippen LogP contribution in [0, 0.1) is 0 Å². The third kappa shape index (κ3) is 4.56. The van der Waals surface area contributed by atoms with Crippen LogP contribution in [-0.4, -0.2) is 6.04 Å². The van der Waals surface area contributed by atoms with Crippen LogP contribution in [0.4, 0.5) is 0 Å². The maximum Gasteiger partial charge on any atom is 0.0410 e. The van der Waals surface area contributed by atoms with Crippen LogP contribution in [0.2, 0.25) is 5.02 Å². The van der Waals surface area contributed by atoms with Crippen molar-refractivity contribution in [2.24, 2.45) is 0 Å². The van der Waals surface area contributed by atoms with Gasteiger partial charge in [-0.15, -0.1) is 0 Å². The summed E-state index contributed by atoms with van der Waals surface area (Å²) in [5.74, 6) is 0. The zero-order valence-corrected chi connectivity index (χ0v) is 13.1. The zero-order chi connectivity index (χ0) is 12.8. The SMILES string of the molecule is Clc1ccc(Br)c(CNC2CCCCCCC2)c1. The van der Waals surface area contributed by atoms with E-state index in [9.17, 15) is 0 Å². The fraction of sp³-hybridized carbons (Fsp3) is 0.600. The van der Waals surface area contributed by atoms with Gasteiger partial charge in [-0.1, -0.05) is 59.6 Å². The molecule has 0 heterocycles. The highest BCUT2D eigenvalue weighted by Gasteiger charge is 2.11. The lowest BCUT2D eigenvalue weighted by atomic mass is 9.96. The predicted octanol–water partition coefficient (Wildman–Crippen LogP) is 5.31. The Kier molecular flexibility index (Phi) is 6.00. The lowest BCUT2D eigenvalue weighted by Crippen LogP contribution is -2.29. The molecule has 1 nitrogen and oxygen atoms in total. The summed E-state index contributed by atoms with van der Waals surface area (Å²) in [6, 6.07) is 6.67. The highest BCUT2D eigenvalue weighted by molar-refractivity contribution is 9.10. The lowest BCUT2D eigenvalue weighted by Gasteiger charge is -2.21. The van der Waals surface area contributed by atoms with Crippen molar-refractivity contribution in [2.45, 2.75) is 57.5 Å². The monoisotopic (exact) mass is 329 g/mol. The molecule has 1 fully saturated rings. The first-order valence-electron chi connectivity index (χ1n) is 6.93. The molecule has 1 saturated carbocycles. The summed E-state index contributed by atoms with van der Waals surface area (Å²) in [7, 11) is 0. The quantitative estimate of drug-likeness (QED) is 0.792. The third-order valence-electron chi connectivity index (χ3n) is 3.69. The van der Waals surface area contributed by atoms with Gasteiger partial charge in [-0.2, -0.15) is 0 Å². The van der Waals surface area contributed by atoms with Crippen LogP contribution in [0.3, 0.4) is 0 Å². The molecule has 1 aromatic rings. The summed E-state index contributed by atoms with van der Waals surface area (Å²) in [5, 5.41) is 4.50. The molecule has 0 aliphatic heterocycles. The van der Waals surface area contributed by atoms with Crippen molar-refractivity contribution in [1.29, 1.82) is 0 Å². The smallest absolute Gasteiger partial charge is 0.0410 e. The first kappa shape index (κ1) is 14.4. The Labute approximate surface area is 123 Å². The van der Waals surface area contributed by atoms with Crippen molar-refractivity contribution >= 4 is 27.5 Å². The van der Waals surface area contributed by atoms with E-state index in [1.54, 1.807) is 0 Å². The van der Waals surface area contributed by atoms with Crippen LogP contribution in [-0.2, 0) is 6.54 Å². The molecular weight excluding hydrogens is 310 g/mol. The van der Waals surface area contributed by atoms with Gasteiger partial charge < -0.3 is 5.32 Å². The minimum atomic E-state index is 0.677. The van der Waals surface area contributed by atoms with Crippen molar-refractivity contribution in [2.75, 3.05) is 0 Å². The molecule has 0 unspecified atom stereocenters. The van der Waals surface area contributed by atoms with Gasteiger partial charge in [0.05, 0.1) is 0 Å². The van der Waals surface area contributed by atoms with Crippen molar-refractivity contribution in [1.82, 2.24) is 5.32 Å². The molecule has 0 spiro atoms. The van der Waals surface area contributed by atoms with Gasteiger partial charge in [-0.3, -0.25) is 0 Å². The maximum absolute atomic E-state index is 6.04. The highest BCUT2D eigenvalue weighted by Crippen LogP contribution is 2.22. The lowest BCUT2D eigenvalue weighted by molar-refractivity contribution is 0.389. The van der Waals surface area contributed by atoms with Gasteiger partial charge >= 0.3 is 0 Å². The minimum absolute atomic E-state index is 0.677. The van der Waals surface area contributed by atoms with Crippen LogP contribution in [0.15, 0.2) is 22.7 Å². The van der Waals surface area contributed by atoms with E-state index in [0.29, 0.717) is 6.04 Å². The van der Waals surface area contributed by atoms with E-state index in [1.807, 2.05) is 18.2 Å². The van der Waals surface area contributed by atoms with Crippen LogP contribution in [0.5, 0.6) is 0 Å². The van der Waals surface area contributed by atoms with E-state index < -0.39 is 0 Å². The molecule has 0 radical (unpaired) electrons. The van der Waals surface area contributed by atoms with E-state index in [0.717, 1.165) is 16.0 Å². The molecular formula is C15H21BrClN. The highest BCUT2D eigenvalue weighted by atomic mass is 79.9. The first-order valence-corrected chi connectivity index (χ1v) is 8.10. The van der Waals surface area contributed by atoms with E-state index >= 15 is 0 Å². The van der Waals surface area contributed by atoms with E-state index in [1.165, 1.54) is 50.5 Å². The van der Waals surface area contributed by atoms with Gasteiger partial charge in [0, 0.05) is 22.1 Å². The predicted molar refractivity (Wildman–Crippen MR) is 82.1 cm³/mol. The molecule has 1 N–H and O–H groups in total. The first-order chi connectivity index (χ1) is 8.75. The average molecular weight is 331 g/mol. The molecule has 0 aromatic heterocycles. The van der Waals surface area contributed by atoms with Gasteiger partial charge in [0.1, 0.15) is 0 Å². The summed E-state index contributed by atoms with van der Waals surface area (Å²) in [6.07, 6.45) is 9.60. The summed E-state index contributed by atoms with van der Waals surface area (Å²) in [6.45, 7) is 0.909. The molecule has 2 rings (SSSR count). The second kappa shape index (κ2) is 7.52. The van der Waals surface area contributed by atoms with Crippen LogP contribution in [0.25, 0.3) is 0 Å². The molecule has 1 aromatic carbocycles. The van der Waals surface area contributed by atoms with Crippen LogP contribution >= 0.6 is 27.5 Å². The molecule has 100 valence electrons. The van der Waals surface area contributed by atoms with Crippen molar-refractivity contribution in [3.63, 3.8) is 0 Å². The molecule has 0 amide bonds. The fourth-order valence-corrected chi connectivity index (χ4v) is 3.17. The number of benzene rings is 1. The van der Waals surface area contributed by atoms with Gasteiger partial charge in [-0.25, -0.2) is 0 Å². The molecule has 18 heavy (non-hydrogen) atoms. The Morgan fingerprint density at radius 1 is 1.11 bits per heavy atom. The van der Waals surface area contributed by atoms with E-state index in [2.05, 4.69) is 21.2 Å². The van der Waals surface area contributed by atoms with E-state index in [4.69, 9.17) is 11.6 Å². The Bertz CT molecular complexity index is 373. The Hall–Kier alpha value is -0.0500. The van der Waals surface area contributed by atoms with Gasteiger partial charge in [-0.05, 0) is 36.6 Å². The number of halogens is 2. The Morgan fingerprint density at radius 2 is 1.78 bits per heavy atom. The van der Waals surface area contributed by atoms with Gasteiger partial charge in [0.15, 0.2) is 0 Å². The van der Waals surface area contributed by atoms with Crippen molar-refractivity contribution in [3.8, 4) is 0 Å². The summed E-state index contributed by atoms with van der Waals surface area (Å²) in [4.78, 5) is 0. The largest absolute Gasteiger partial charge is 0.310 e. The van der Waals surface area contributed by atoms with Crippen LogP contribution in [0.1, 0.15) is 50.5 Å². The fourth-order valence-electron chi connectivity index (χ4n) is 2.59. The zero-order valence-electron chi connectivity index (χ0n) is 10.7. The number of hydrogen-bond acceptors (Lipinski definition) is 1. The average Bonchev–Trinajstić information content (AvgIpc) is 2.32. The standard InChI is InChI=1S/C15H21BrClN/c16-15-9-8-13(17)10-12(15)11-18-14-6-4-2-1-3-5-7-14/h8-10,14,18H,1-7,11H2. The summed E-state index contributed by atoms with van der Waals surface area (Å²) in [5.41, 5.74) is 1.25. The van der Waals surface area contributed by atoms with Gasteiger partial charge in [0.2, 0.25) is 0 Å². The van der Waals surface area contributed by atoms with Crippen LogP contribution < -0.4 is 5.32 Å². The molecule has 0 atom stereocenters. The molecule has 0 saturated heterocycles. The van der Waals surface area contributed by atoms with E-state index in [-0.39, 0.29) is 0 Å². The number of rotatable bonds is 3. The Balaban J connectivity index is 1.87. The number of hydrogen-bond donors (Lipinski definition) is 1. The topological polar surface area (TPSA) is 12.0 Å². The summed E-state index contributed by atoms with van der Waals surface area (Å²) >= 11 is 9.62. The second-order valence-electron chi connectivity index (χ2n) is 5.16. The second-order valence-corrected chi connectivity index (χ2v) is 6.45. The van der Waals surface area contributed by atoms with Gasteiger partial charge in [0.25, 0.3) is 0 Å². The molecule has 1 aliphatic rings. The number of nitrogens with one attached hydrogen (secondary N) is 1. The van der Waals surface area contributed by atoms with Crippen molar-refractivity contribution in [3.05, 3.63) is 33.3 Å².